The smallest absolute Gasteiger partial charge is 0.0462 e. The van der Waals surface area contributed by atoms with Gasteiger partial charge >= 0.3 is 0 Å². The molecule has 0 aliphatic rings. The van der Waals surface area contributed by atoms with Crippen LogP contribution in [0.2, 0.25) is 0 Å². The number of nitrogens with zero attached hydrogens (tertiary/aromatic N) is 4. The third kappa shape index (κ3) is 14.0. The van der Waals surface area contributed by atoms with E-state index >= 15 is 0 Å². The van der Waals surface area contributed by atoms with Crippen LogP contribution in [0.4, 0.5) is 56.9 Å². The minimum Gasteiger partial charge on any atom is -0.311 e. The van der Waals surface area contributed by atoms with Crippen LogP contribution in [-0.4, -0.2) is 0 Å². The molecule has 0 aliphatic carbocycles. The second-order valence-electron chi connectivity index (χ2n) is 23.3. The van der Waals surface area contributed by atoms with Crippen molar-refractivity contribution in [2.75, 3.05) is 19.6 Å². The molecular weight excluding hydrogens is 1150 g/mol. The van der Waals surface area contributed by atoms with Gasteiger partial charge in [-0.15, -0.1) is 0 Å². The van der Waals surface area contributed by atoms with Crippen LogP contribution >= 0.6 is 0 Å². The first-order valence-electron chi connectivity index (χ1n) is 32.5. The first-order valence-corrected chi connectivity index (χ1v) is 32.5. The van der Waals surface area contributed by atoms with Crippen LogP contribution in [0.15, 0.2) is 401 Å². The van der Waals surface area contributed by atoms with Crippen molar-refractivity contribution in [1.29, 1.82) is 0 Å². The number of para-hydroxylation sites is 2. The molecule has 13 aromatic rings. The van der Waals surface area contributed by atoms with Gasteiger partial charge < -0.3 is 19.6 Å². The minimum atomic E-state index is 0.921. The molecule has 0 bridgehead atoms. The average molecular weight is 1220 g/mol. The fourth-order valence-corrected chi connectivity index (χ4v) is 12.4. The van der Waals surface area contributed by atoms with Crippen LogP contribution in [0.5, 0.6) is 0 Å². The average Bonchev–Trinajstić information content (AvgIpc) is 1.34. The largest absolute Gasteiger partial charge is 0.311 e. The molecule has 4 heteroatoms. The van der Waals surface area contributed by atoms with E-state index in [1.54, 1.807) is 0 Å². The van der Waals surface area contributed by atoms with Crippen LogP contribution in [-0.2, 0) is 0 Å². The maximum atomic E-state index is 4.22. The van der Waals surface area contributed by atoms with Crippen molar-refractivity contribution < 1.29 is 0 Å². The van der Waals surface area contributed by atoms with Gasteiger partial charge in [-0.2, -0.15) is 0 Å². The van der Waals surface area contributed by atoms with E-state index in [4.69, 9.17) is 0 Å². The van der Waals surface area contributed by atoms with Crippen molar-refractivity contribution in [1.82, 2.24) is 0 Å². The van der Waals surface area contributed by atoms with Crippen LogP contribution in [0.25, 0.3) is 66.8 Å². The van der Waals surface area contributed by atoms with E-state index < -0.39 is 0 Å². The SMILES string of the molecule is C=C/C=C(\C=C)N(c1ccc(-c2ccc(-c3ccc(N(C(/C=C\CC)=C/C)c4ccc(-c5ccc(N(c6ccccc6)c6ccc(-c7ccccc7)cc6)cc5)cc4)cc3)cc2)cc1)c1ccc(-c2ccc(N(c3ccccc3)c3ccc(-c4ccccc4)cc3)cc2)cc1. The Hall–Kier alpha value is -12.2. The normalized spacial score (nSPS) is 11.5. The lowest BCUT2D eigenvalue weighted by Crippen LogP contribution is -2.15. The molecule has 0 spiro atoms. The number of benzene rings is 13. The van der Waals surface area contributed by atoms with E-state index in [0.717, 1.165) is 119 Å². The standard InChI is InChI=1S/C91H74N4/c1-5-9-27-81(8-4)93(87-58-46-77(47-59-87)79-50-66-91(67-51-79)95(83-30-20-13-21-31-83)89-62-38-73(39-63-89)69-25-16-11-17-26-69)86-56-42-75(43-57-86)71-34-32-70(33-35-71)74-40-52-84(53-41-74)92(80(7-3)22-6-2)85-54-44-76(45-55-85)78-48-64-90(65-49-78)94(82-28-18-12-19-29-82)88-60-36-72(37-61-88)68-23-14-10-15-24-68/h6-67H,2-3,5H2,1,4H3/b27-9-,80-22+,81-8+. The van der Waals surface area contributed by atoms with Crippen molar-refractivity contribution in [2.45, 2.75) is 20.3 Å². The van der Waals surface area contributed by atoms with Crippen LogP contribution in [0.3, 0.4) is 0 Å². The molecule has 0 amide bonds. The second kappa shape index (κ2) is 29.4. The Balaban J connectivity index is 0.694. The maximum Gasteiger partial charge on any atom is 0.0462 e. The molecule has 0 radical (unpaired) electrons. The number of hydrogen-bond acceptors (Lipinski definition) is 4. The van der Waals surface area contributed by atoms with Gasteiger partial charge in [-0.1, -0.05) is 257 Å². The van der Waals surface area contributed by atoms with Crippen molar-refractivity contribution in [3.05, 3.63) is 401 Å². The lowest BCUT2D eigenvalue weighted by molar-refractivity contribution is 1.17. The second-order valence-corrected chi connectivity index (χ2v) is 23.3. The predicted molar refractivity (Wildman–Crippen MR) is 407 cm³/mol. The molecule has 0 heterocycles. The van der Waals surface area contributed by atoms with Crippen LogP contribution in [0.1, 0.15) is 20.3 Å². The van der Waals surface area contributed by atoms with Gasteiger partial charge in [0.1, 0.15) is 0 Å². The van der Waals surface area contributed by atoms with Crippen LogP contribution < -0.4 is 19.6 Å². The summed E-state index contributed by atoms with van der Waals surface area (Å²) in [6, 6.07) is 122. The van der Waals surface area contributed by atoms with Gasteiger partial charge in [0.25, 0.3) is 0 Å². The molecule has 0 saturated carbocycles. The highest BCUT2D eigenvalue weighted by atomic mass is 15.2. The maximum absolute atomic E-state index is 4.22. The molecule has 13 aromatic carbocycles. The molecule has 0 saturated heterocycles. The van der Waals surface area contributed by atoms with Crippen molar-refractivity contribution in [3.8, 4) is 66.8 Å². The Bertz CT molecular complexity index is 4730. The van der Waals surface area contributed by atoms with Gasteiger partial charge in [0.05, 0.1) is 0 Å². The van der Waals surface area contributed by atoms with Gasteiger partial charge in [-0.05, 0) is 220 Å². The topological polar surface area (TPSA) is 13.0 Å². The molecule has 0 N–H and O–H groups in total. The summed E-state index contributed by atoms with van der Waals surface area (Å²) in [7, 11) is 0. The van der Waals surface area contributed by atoms with Crippen molar-refractivity contribution in [2.24, 2.45) is 0 Å². The fraction of sp³-hybridized carbons (Fsp3) is 0.0330. The third-order valence-electron chi connectivity index (χ3n) is 17.3. The number of hydrogen-bond donors (Lipinski definition) is 0. The lowest BCUT2D eigenvalue weighted by Gasteiger charge is -2.27. The van der Waals surface area contributed by atoms with E-state index in [9.17, 15) is 0 Å². The molecule has 4 nitrogen and oxygen atoms in total. The Morgan fingerprint density at radius 3 is 0.705 bits per heavy atom. The highest BCUT2D eigenvalue weighted by molar-refractivity contribution is 5.84. The highest BCUT2D eigenvalue weighted by Crippen LogP contribution is 2.42. The fourth-order valence-electron chi connectivity index (χ4n) is 12.4. The molecule has 0 aromatic heterocycles. The van der Waals surface area contributed by atoms with Gasteiger partial charge in [0.2, 0.25) is 0 Å². The third-order valence-corrected chi connectivity index (χ3v) is 17.3. The van der Waals surface area contributed by atoms with Gasteiger partial charge in [0.15, 0.2) is 0 Å². The van der Waals surface area contributed by atoms with E-state index in [-0.39, 0.29) is 0 Å². The summed E-state index contributed by atoms with van der Waals surface area (Å²) in [5, 5.41) is 0. The molecule has 0 atom stereocenters. The summed E-state index contributed by atoms with van der Waals surface area (Å²) < 4.78 is 0. The molecule has 13 rings (SSSR count). The van der Waals surface area contributed by atoms with E-state index in [2.05, 4.69) is 405 Å². The summed E-state index contributed by atoms with van der Waals surface area (Å²) >= 11 is 0. The number of anilines is 10. The quantitative estimate of drug-likeness (QED) is 0.0627. The van der Waals surface area contributed by atoms with Gasteiger partial charge in [-0.3, -0.25) is 0 Å². The molecular formula is C91H74N4. The summed E-state index contributed by atoms with van der Waals surface area (Å²) in [6.07, 6.45) is 13.3. The number of rotatable bonds is 22. The first-order chi connectivity index (χ1) is 46.9. The summed E-state index contributed by atoms with van der Waals surface area (Å²) in [5.74, 6) is 0. The zero-order valence-corrected chi connectivity index (χ0v) is 53.7. The van der Waals surface area contributed by atoms with Crippen molar-refractivity contribution >= 4 is 56.9 Å². The van der Waals surface area contributed by atoms with E-state index in [0.29, 0.717) is 0 Å². The summed E-state index contributed by atoms with van der Waals surface area (Å²) in [5.41, 5.74) is 26.7. The number of allylic oxidation sites excluding steroid dienone is 6. The van der Waals surface area contributed by atoms with E-state index in [1.165, 1.54) is 22.3 Å². The first kappa shape index (κ1) is 61.6. The molecule has 0 unspecified atom stereocenters. The van der Waals surface area contributed by atoms with Crippen molar-refractivity contribution in [3.63, 3.8) is 0 Å². The molecule has 458 valence electrons. The minimum absolute atomic E-state index is 0.921. The Labute approximate surface area is 560 Å². The predicted octanol–water partition coefficient (Wildman–Crippen LogP) is 26.0. The zero-order valence-electron chi connectivity index (χ0n) is 53.7. The highest BCUT2D eigenvalue weighted by Gasteiger charge is 2.19. The Kier molecular flexibility index (Phi) is 19.0. The van der Waals surface area contributed by atoms with Gasteiger partial charge in [0, 0.05) is 68.3 Å². The monoisotopic (exact) mass is 1220 g/mol. The molecule has 0 fully saturated rings. The molecule has 0 aliphatic heterocycles. The summed E-state index contributed by atoms with van der Waals surface area (Å²) in [6.45, 7) is 12.5. The van der Waals surface area contributed by atoms with E-state index in [1.807, 2.05) is 18.2 Å². The Morgan fingerprint density at radius 1 is 0.263 bits per heavy atom. The zero-order chi connectivity index (χ0) is 64.7. The molecule has 95 heavy (non-hydrogen) atoms. The Morgan fingerprint density at radius 2 is 0.474 bits per heavy atom. The van der Waals surface area contributed by atoms with Crippen LogP contribution in [0, 0.1) is 0 Å². The van der Waals surface area contributed by atoms with Gasteiger partial charge in [-0.25, -0.2) is 0 Å². The lowest BCUT2D eigenvalue weighted by atomic mass is 9.99. The summed E-state index contributed by atoms with van der Waals surface area (Å²) in [4.78, 5) is 9.18.